The number of nitrogens with zero attached hydrogens (tertiary/aromatic N) is 5. The number of benzene rings is 1. The standard InChI is InChI=1S/C20H26N8O/c21-18(29)17-19(22-13-1-2-13)24-20(26-25-17)23-14-3-5-15(6-4-14)27-9-11-28(12-10-27)16-7-8-16/h3-6,13,16H,1-2,7-12H2,(H2,21,29)(H2,22,23,24,26). The molecule has 1 saturated heterocycles. The number of carbonyl (C=O) groups excluding carboxylic acids is 1. The van der Waals surface area contributed by atoms with Crippen LogP contribution in [0, 0.1) is 0 Å². The van der Waals surface area contributed by atoms with Crippen molar-refractivity contribution in [2.45, 2.75) is 37.8 Å². The van der Waals surface area contributed by atoms with Crippen LogP contribution in [0.4, 0.5) is 23.1 Å². The van der Waals surface area contributed by atoms with Crippen LogP contribution < -0.4 is 21.3 Å². The molecule has 4 N–H and O–H groups in total. The lowest BCUT2D eigenvalue weighted by atomic mass is 10.2. The molecule has 29 heavy (non-hydrogen) atoms. The van der Waals surface area contributed by atoms with Gasteiger partial charge in [0.2, 0.25) is 5.95 Å². The molecule has 0 bridgehead atoms. The highest BCUT2D eigenvalue weighted by Crippen LogP contribution is 2.29. The molecule has 0 spiro atoms. The number of piperazine rings is 1. The van der Waals surface area contributed by atoms with E-state index in [1.165, 1.54) is 18.5 Å². The van der Waals surface area contributed by atoms with E-state index in [1.54, 1.807) is 0 Å². The Labute approximate surface area is 169 Å². The summed E-state index contributed by atoms with van der Waals surface area (Å²) in [6, 6.07) is 9.44. The molecule has 5 rings (SSSR count). The monoisotopic (exact) mass is 394 g/mol. The normalized spacial score (nSPS) is 19.8. The molecule has 2 aliphatic carbocycles. The second-order valence-electron chi connectivity index (χ2n) is 8.04. The van der Waals surface area contributed by atoms with Gasteiger partial charge in [-0.25, -0.2) is 0 Å². The molecule has 3 aliphatic rings. The number of aromatic nitrogens is 3. The maximum atomic E-state index is 11.6. The predicted molar refractivity (Wildman–Crippen MR) is 112 cm³/mol. The Bertz CT molecular complexity index is 886. The Hall–Kier alpha value is -2.94. The van der Waals surface area contributed by atoms with Gasteiger partial charge >= 0.3 is 0 Å². The van der Waals surface area contributed by atoms with Crippen LogP contribution in [0.25, 0.3) is 0 Å². The number of hydrogen-bond acceptors (Lipinski definition) is 8. The molecule has 2 heterocycles. The molecule has 0 radical (unpaired) electrons. The minimum absolute atomic E-state index is 0.0723. The Kier molecular flexibility index (Phi) is 4.67. The molecular weight excluding hydrogens is 368 g/mol. The van der Waals surface area contributed by atoms with Gasteiger partial charge in [-0.2, -0.15) is 4.98 Å². The highest BCUT2D eigenvalue weighted by Gasteiger charge is 2.31. The van der Waals surface area contributed by atoms with Crippen molar-refractivity contribution in [2.24, 2.45) is 5.73 Å². The number of nitrogens with two attached hydrogens (primary N) is 1. The van der Waals surface area contributed by atoms with Crippen molar-refractivity contribution in [1.29, 1.82) is 0 Å². The van der Waals surface area contributed by atoms with E-state index in [0.29, 0.717) is 17.8 Å². The summed E-state index contributed by atoms with van der Waals surface area (Å²) in [6.07, 6.45) is 4.86. The van der Waals surface area contributed by atoms with Crippen molar-refractivity contribution in [2.75, 3.05) is 41.7 Å². The van der Waals surface area contributed by atoms with E-state index < -0.39 is 5.91 Å². The zero-order valence-electron chi connectivity index (χ0n) is 16.3. The van der Waals surface area contributed by atoms with Gasteiger partial charge in [-0.1, -0.05) is 0 Å². The van der Waals surface area contributed by atoms with Gasteiger partial charge in [0, 0.05) is 49.6 Å². The number of primary amides is 1. The molecule has 2 aromatic rings. The molecule has 1 amide bonds. The molecule has 0 unspecified atom stereocenters. The van der Waals surface area contributed by atoms with Crippen molar-refractivity contribution in [3.05, 3.63) is 30.0 Å². The van der Waals surface area contributed by atoms with Crippen LogP contribution in [0.15, 0.2) is 24.3 Å². The van der Waals surface area contributed by atoms with Crippen LogP contribution >= 0.6 is 0 Å². The molecule has 9 nitrogen and oxygen atoms in total. The van der Waals surface area contributed by atoms with Gasteiger partial charge in [-0.15, -0.1) is 10.2 Å². The summed E-state index contributed by atoms with van der Waals surface area (Å²) in [6.45, 7) is 4.43. The Balaban J connectivity index is 1.24. The SMILES string of the molecule is NC(=O)c1nnc(Nc2ccc(N3CCN(C4CC4)CC3)cc2)nc1NC1CC1. The molecule has 9 heteroatoms. The van der Waals surface area contributed by atoms with Crippen molar-refractivity contribution in [3.63, 3.8) is 0 Å². The van der Waals surface area contributed by atoms with Crippen molar-refractivity contribution in [3.8, 4) is 0 Å². The topological polar surface area (TPSA) is 112 Å². The largest absolute Gasteiger partial charge is 0.369 e. The zero-order chi connectivity index (χ0) is 19.8. The first-order valence-corrected chi connectivity index (χ1v) is 10.3. The summed E-state index contributed by atoms with van der Waals surface area (Å²) in [7, 11) is 0. The van der Waals surface area contributed by atoms with Crippen LogP contribution in [0.3, 0.4) is 0 Å². The predicted octanol–water partition coefficient (Wildman–Crippen LogP) is 1.57. The first kappa shape index (κ1) is 18.1. The van der Waals surface area contributed by atoms with Crippen molar-refractivity contribution >= 4 is 29.0 Å². The van der Waals surface area contributed by atoms with E-state index in [4.69, 9.17) is 5.73 Å². The summed E-state index contributed by atoms with van der Waals surface area (Å²) in [5.74, 6) is 0.0948. The first-order valence-electron chi connectivity index (χ1n) is 10.3. The van der Waals surface area contributed by atoms with Gasteiger partial charge < -0.3 is 21.3 Å². The summed E-state index contributed by atoms with van der Waals surface area (Å²) in [4.78, 5) is 21.0. The lowest BCUT2D eigenvalue weighted by Gasteiger charge is -2.36. The molecule has 1 aromatic heterocycles. The Morgan fingerprint density at radius 2 is 1.72 bits per heavy atom. The second-order valence-corrected chi connectivity index (χ2v) is 8.04. The van der Waals surface area contributed by atoms with Gasteiger partial charge in [0.15, 0.2) is 11.5 Å². The number of amides is 1. The van der Waals surface area contributed by atoms with E-state index in [0.717, 1.165) is 50.7 Å². The zero-order valence-corrected chi connectivity index (χ0v) is 16.3. The van der Waals surface area contributed by atoms with Crippen LogP contribution in [0.5, 0.6) is 0 Å². The Morgan fingerprint density at radius 3 is 2.34 bits per heavy atom. The molecule has 1 aliphatic heterocycles. The van der Waals surface area contributed by atoms with E-state index in [9.17, 15) is 4.79 Å². The summed E-state index contributed by atoms with van der Waals surface area (Å²) >= 11 is 0. The van der Waals surface area contributed by atoms with Gasteiger partial charge in [0.1, 0.15) is 0 Å². The fourth-order valence-electron chi connectivity index (χ4n) is 3.74. The average molecular weight is 394 g/mol. The van der Waals surface area contributed by atoms with Crippen LogP contribution in [0.1, 0.15) is 36.2 Å². The number of hydrogen-bond donors (Lipinski definition) is 3. The van der Waals surface area contributed by atoms with Crippen molar-refractivity contribution < 1.29 is 4.79 Å². The third-order valence-electron chi connectivity index (χ3n) is 5.70. The quantitative estimate of drug-likeness (QED) is 0.649. The lowest BCUT2D eigenvalue weighted by Crippen LogP contribution is -2.47. The van der Waals surface area contributed by atoms with E-state index in [2.05, 4.69) is 47.7 Å². The highest BCUT2D eigenvalue weighted by molar-refractivity contribution is 5.95. The summed E-state index contributed by atoms with van der Waals surface area (Å²) < 4.78 is 0. The van der Waals surface area contributed by atoms with E-state index in [-0.39, 0.29) is 5.69 Å². The lowest BCUT2D eigenvalue weighted by molar-refractivity contribution is 0.0995. The van der Waals surface area contributed by atoms with Gasteiger partial charge in [-0.3, -0.25) is 9.69 Å². The third-order valence-corrected chi connectivity index (χ3v) is 5.70. The summed E-state index contributed by atoms with van der Waals surface area (Å²) in [5.41, 5.74) is 7.55. The fourth-order valence-corrected chi connectivity index (χ4v) is 3.74. The van der Waals surface area contributed by atoms with Crippen LogP contribution in [0.2, 0.25) is 0 Å². The fraction of sp³-hybridized carbons (Fsp3) is 0.500. The molecule has 2 saturated carbocycles. The van der Waals surface area contributed by atoms with Crippen LogP contribution in [-0.2, 0) is 0 Å². The molecule has 1 aromatic carbocycles. The average Bonchev–Trinajstić information content (AvgIpc) is 3.63. The van der Waals surface area contributed by atoms with Gasteiger partial charge in [0.05, 0.1) is 0 Å². The number of rotatable bonds is 7. The van der Waals surface area contributed by atoms with Crippen molar-refractivity contribution in [1.82, 2.24) is 20.1 Å². The van der Waals surface area contributed by atoms with E-state index >= 15 is 0 Å². The highest BCUT2D eigenvalue weighted by atomic mass is 16.1. The third kappa shape index (κ3) is 4.24. The van der Waals surface area contributed by atoms with Gasteiger partial charge in [0.25, 0.3) is 5.91 Å². The van der Waals surface area contributed by atoms with E-state index in [1.807, 2.05) is 12.1 Å². The second kappa shape index (κ2) is 7.47. The molecular formula is C20H26N8O. The van der Waals surface area contributed by atoms with Crippen LogP contribution in [-0.4, -0.2) is 64.3 Å². The van der Waals surface area contributed by atoms with Gasteiger partial charge in [-0.05, 0) is 49.9 Å². The minimum Gasteiger partial charge on any atom is -0.369 e. The number of nitrogens with one attached hydrogen (secondary N) is 2. The summed E-state index contributed by atoms with van der Waals surface area (Å²) in [5, 5.41) is 14.3. The maximum absolute atomic E-state index is 11.6. The molecule has 3 fully saturated rings. The minimum atomic E-state index is -0.633. The molecule has 152 valence electrons. The smallest absolute Gasteiger partial charge is 0.273 e. The maximum Gasteiger partial charge on any atom is 0.273 e. The Morgan fingerprint density at radius 1 is 1.00 bits per heavy atom. The number of anilines is 4. The first-order chi connectivity index (χ1) is 14.2. The number of carbonyl (C=O) groups is 1. The molecule has 0 atom stereocenters.